The number of halogens is 3. The highest BCUT2D eigenvalue weighted by Gasteiger charge is 2.43. The second-order valence-electron chi connectivity index (χ2n) is 18.7. The molecule has 9 atom stereocenters. The molecule has 0 aromatic heterocycles. The van der Waals surface area contributed by atoms with Gasteiger partial charge in [0.25, 0.3) is 0 Å². The molecule has 2 aliphatic heterocycles. The monoisotopic (exact) mass is 1110 g/mol. The Morgan fingerprint density at radius 1 is 0.880 bits per heavy atom. The Morgan fingerprint density at radius 3 is 2.03 bits per heavy atom. The molecule has 2 saturated heterocycles. The number of carbonyl (C=O) groups is 10. The summed E-state index contributed by atoms with van der Waals surface area (Å²) >= 11 is 0. The number of aliphatic hydroxyl groups is 1. The molecule has 1 saturated carbocycles. The maximum atomic E-state index is 14.6. The highest BCUT2D eigenvalue weighted by atomic mass is 33.1. The number of alkyl halides is 3. The normalized spacial score (nSPS) is 24.5. The molecule has 23 nitrogen and oxygen atoms in total. The lowest BCUT2D eigenvalue weighted by molar-refractivity contribution is -0.192. The number of nitrogens with one attached hydrogen (secondary N) is 6. The lowest BCUT2D eigenvalue weighted by atomic mass is 9.85. The first-order chi connectivity index (χ1) is 35.3. The maximum absolute atomic E-state index is 14.6. The SMILES string of the molecule is CC[C@H](C)C1NC(=O)[C@H](Cc2ccc(OC)cc2)NC(=O)CC2(CCCCC2)SSC[C@@H](C(=O)N2CCC[C@H]2C(=O)N[C@@H](CCCN)C(=O)O)NC(=O)[C@H](CC(N)=O)NC(=O)[C@H]([C@@H](C)O)NC1=O.O=C(O)C(F)(F)F. The Balaban J connectivity index is 0.00000197. The van der Waals surface area contributed by atoms with Crippen molar-refractivity contribution in [2.75, 3.05) is 26.0 Å². The highest BCUT2D eigenvalue weighted by molar-refractivity contribution is 8.77. The summed E-state index contributed by atoms with van der Waals surface area (Å²) in [7, 11) is 4.09. The average Bonchev–Trinajstić information content (AvgIpc) is 3.85. The predicted molar refractivity (Wildman–Crippen MR) is 268 cm³/mol. The molecule has 8 amide bonds. The smallest absolute Gasteiger partial charge is 0.490 e. The summed E-state index contributed by atoms with van der Waals surface area (Å²) in [4.78, 5) is 134. The van der Waals surface area contributed by atoms with Gasteiger partial charge in [0, 0.05) is 29.9 Å². The number of aliphatic hydroxyl groups excluding tert-OH is 1. The minimum atomic E-state index is -5.08. The minimum absolute atomic E-state index is 0.0244. The first kappa shape index (κ1) is 63.4. The first-order valence-electron chi connectivity index (χ1n) is 24.5. The molecule has 28 heteroatoms. The fraction of sp³-hybridized carbons (Fsp3) is 0.660. The van der Waals surface area contributed by atoms with Crippen molar-refractivity contribution < 1.29 is 81.2 Å². The van der Waals surface area contributed by atoms with E-state index in [1.165, 1.54) is 40.5 Å². The van der Waals surface area contributed by atoms with Crippen LogP contribution in [-0.4, -0.2) is 165 Å². The molecule has 75 heavy (non-hydrogen) atoms. The number of carbonyl (C=O) groups excluding carboxylic acids is 8. The Labute approximate surface area is 439 Å². The van der Waals surface area contributed by atoms with E-state index in [1.54, 1.807) is 38.1 Å². The number of benzene rings is 1. The molecular formula is C47H70F3N9O14S2. The molecule has 1 unspecified atom stereocenters. The van der Waals surface area contributed by atoms with Crippen LogP contribution in [-0.2, 0) is 54.4 Å². The van der Waals surface area contributed by atoms with Crippen LogP contribution in [0, 0.1) is 5.92 Å². The zero-order valence-electron chi connectivity index (χ0n) is 42.2. The fourth-order valence-electron chi connectivity index (χ4n) is 8.53. The number of methoxy groups -OCH3 is 1. The predicted octanol–water partition coefficient (Wildman–Crippen LogP) is 0.385. The topological polar surface area (TPSA) is 368 Å². The molecule has 1 aromatic rings. The van der Waals surface area contributed by atoms with Gasteiger partial charge in [0.15, 0.2) is 0 Å². The quantitative estimate of drug-likeness (QED) is 0.106. The van der Waals surface area contributed by atoms with Crippen molar-refractivity contribution in [3.05, 3.63) is 29.8 Å². The third-order valence-electron chi connectivity index (χ3n) is 12.9. The van der Waals surface area contributed by atoms with Crippen LogP contribution in [0.2, 0.25) is 0 Å². The number of hydrogen-bond acceptors (Lipinski definition) is 15. The molecule has 2 heterocycles. The van der Waals surface area contributed by atoms with Gasteiger partial charge >= 0.3 is 18.1 Å². The van der Waals surface area contributed by atoms with Crippen LogP contribution in [0.3, 0.4) is 0 Å². The van der Waals surface area contributed by atoms with E-state index in [4.69, 9.17) is 26.1 Å². The van der Waals surface area contributed by atoms with Gasteiger partial charge in [0.05, 0.1) is 19.6 Å². The number of carboxylic acid groups (broad SMARTS) is 2. The van der Waals surface area contributed by atoms with Gasteiger partial charge in [-0.25, -0.2) is 9.59 Å². The molecule has 1 aromatic carbocycles. The second-order valence-corrected chi connectivity index (χ2v) is 21.5. The molecule has 13 N–H and O–H groups in total. The summed E-state index contributed by atoms with van der Waals surface area (Å²) in [5.74, 6) is -10.6. The Bertz CT molecular complexity index is 2170. The number of hydrogen-bond donors (Lipinski definition) is 11. The highest BCUT2D eigenvalue weighted by Crippen LogP contribution is 2.48. The van der Waals surface area contributed by atoms with Crippen molar-refractivity contribution >= 4 is 80.8 Å². The number of ether oxygens (including phenoxy) is 1. The Hall–Kier alpha value is -5.87. The van der Waals surface area contributed by atoms with Gasteiger partial charge in [-0.2, -0.15) is 13.2 Å². The summed E-state index contributed by atoms with van der Waals surface area (Å²) < 4.78 is 36.3. The lowest BCUT2D eigenvalue weighted by Crippen LogP contribution is -2.63. The number of rotatable bonds is 15. The van der Waals surface area contributed by atoms with Gasteiger partial charge in [-0.15, -0.1) is 0 Å². The van der Waals surface area contributed by atoms with Crippen molar-refractivity contribution in [1.29, 1.82) is 0 Å². The van der Waals surface area contributed by atoms with Crippen molar-refractivity contribution in [2.45, 2.75) is 164 Å². The molecular weight excluding hydrogens is 1040 g/mol. The van der Waals surface area contributed by atoms with E-state index >= 15 is 0 Å². The van der Waals surface area contributed by atoms with E-state index < -0.39 is 131 Å². The van der Waals surface area contributed by atoms with E-state index in [9.17, 15) is 66.5 Å². The Morgan fingerprint density at radius 2 is 1.48 bits per heavy atom. The van der Waals surface area contributed by atoms with Crippen LogP contribution in [0.4, 0.5) is 13.2 Å². The van der Waals surface area contributed by atoms with Crippen LogP contribution < -0.4 is 48.1 Å². The Kier molecular flexibility index (Phi) is 25.4. The molecule has 1 spiro atoms. The zero-order valence-corrected chi connectivity index (χ0v) is 43.8. The molecule has 4 rings (SSSR count). The number of nitrogens with two attached hydrogens (primary N) is 2. The number of aliphatic carboxylic acids is 2. The number of carboxylic acids is 2. The third-order valence-corrected chi connectivity index (χ3v) is 16.2. The summed E-state index contributed by atoms with van der Waals surface area (Å²) in [6.07, 6.45) is -2.34. The number of likely N-dealkylation sites (tertiary alicyclic amines) is 1. The van der Waals surface area contributed by atoms with Gasteiger partial charge in [-0.3, -0.25) is 38.4 Å². The van der Waals surface area contributed by atoms with E-state index in [1.807, 2.05) is 0 Å². The molecule has 0 bridgehead atoms. The second kappa shape index (κ2) is 30.0. The number of amides is 8. The average molecular weight is 1110 g/mol. The van der Waals surface area contributed by atoms with E-state index in [-0.39, 0.29) is 44.5 Å². The maximum Gasteiger partial charge on any atom is 0.490 e. The van der Waals surface area contributed by atoms with E-state index in [0.29, 0.717) is 43.4 Å². The summed E-state index contributed by atoms with van der Waals surface area (Å²) in [5, 5.41) is 43.5. The van der Waals surface area contributed by atoms with Gasteiger partial charge in [-0.05, 0) is 75.6 Å². The van der Waals surface area contributed by atoms with Crippen LogP contribution >= 0.6 is 21.6 Å². The van der Waals surface area contributed by atoms with Gasteiger partial charge in [0.1, 0.15) is 48.0 Å². The first-order valence-corrected chi connectivity index (χ1v) is 26.8. The zero-order chi connectivity index (χ0) is 56.2. The van der Waals surface area contributed by atoms with E-state index in [0.717, 1.165) is 19.3 Å². The molecule has 1 aliphatic carbocycles. The van der Waals surface area contributed by atoms with Crippen LogP contribution in [0.1, 0.15) is 103 Å². The summed E-state index contributed by atoms with van der Waals surface area (Å²) in [5.41, 5.74) is 11.8. The molecule has 420 valence electrons. The summed E-state index contributed by atoms with van der Waals surface area (Å²) in [6.45, 7) is 5.00. The van der Waals surface area contributed by atoms with Crippen LogP contribution in [0.15, 0.2) is 24.3 Å². The minimum Gasteiger partial charge on any atom is -0.497 e. The fourth-order valence-corrected chi connectivity index (χ4v) is 11.9. The van der Waals surface area contributed by atoms with Gasteiger partial charge < -0.3 is 68.3 Å². The van der Waals surface area contributed by atoms with Crippen LogP contribution in [0.5, 0.6) is 5.75 Å². The van der Waals surface area contributed by atoms with Crippen molar-refractivity contribution in [3.8, 4) is 5.75 Å². The molecule has 3 aliphatic rings. The summed E-state index contributed by atoms with van der Waals surface area (Å²) in [6, 6.07) is -2.69. The van der Waals surface area contributed by atoms with Crippen molar-refractivity contribution in [1.82, 2.24) is 36.8 Å². The lowest BCUT2D eigenvalue weighted by Gasteiger charge is -2.37. The van der Waals surface area contributed by atoms with Crippen molar-refractivity contribution in [3.63, 3.8) is 0 Å². The standard InChI is InChI=1S/C45H69N9O12S2.C2HF3O2/c1-5-25(2)36-41(61)53-37(26(3)55)42(62)50-31(22-34(47)56)38(58)51-32(43(63)54-20-10-12-33(54)40(60)49-29(44(64)65)11-9-19-46)24-67-68-45(17-7-6-8-18-45)23-35(57)48-30(39(59)52-36)21-27-13-15-28(66-4)16-14-27;3-2(4,5)1(6)7/h13-16,25-26,29-33,36-37,55H,5-12,17-24,46H2,1-4H3,(H2,47,56)(H,48,57)(H,49,60)(H,50,62)(H,51,58)(H,52,59)(H,53,61)(H,64,65);(H,6,7)/t25-,26+,29-,30-,31-,32-,33-,36?,37-;/m0./s1. The number of primary amides is 1. The van der Waals surface area contributed by atoms with Crippen molar-refractivity contribution in [2.24, 2.45) is 17.4 Å². The van der Waals surface area contributed by atoms with Gasteiger partial charge in [0.2, 0.25) is 47.3 Å². The number of nitrogens with zero attached hydrogens (tertiary/aromatic N) is 1. The molecule has 3 fully saturated rings. The van der Waals surface area contributed by atoms with Crippen LogP contribution in [0.25, 0.3) is 0 Å². The molecule has 0 radical (unpaired) electrons. The van der Waals surface area contributed by atoms with E-state index in [2.05, 4.69) is 31.9 Å². The van der Waals surface area contributed by atoms with Gasteiger partial charge in [-0.1, -0.05) is 73.3 Å². The largest absolute Gasteiger partial charge is 0.497 e. The third kappa shape index (κ3) is 20.0.